The van der Waals surface area contributed by atoms with Crippen molar-refractivity contribution in [2.45, 2.75) is 19.8 Å². The number of hydrogen-bond acceptors (Lipinski definition) is 3. The fraction of sp³-hybridized carbons (Fsp3) is 0.143. The summed E-state index contributed by atoms with van der Waals surface area (Å²) in [7, 11) is 0. The highest BCUT2D eigenvalue weighted by Gasteiger charge is 1.99. The van der Waals surface area contributed by atoms with E-state index in [0.717, 1.165) is 16.9 Å². The molecule has 0 fully saturated rings. The molecule has 3 rings (SSSR count). The smallest absolute Gasteiger partial charge is 0.227 e. The average molecular weight is 315 g/mol. The summed E-state index contributed by atoms with van der Waals surface area (Å²) in [6.45, 7) is 4.40. The Morgan fingerprint density at radius 3 is 2.33 bits per heavy atom. The molecule has 0 aliphatic rings. The highest BCUT2D eigenvalue weighted by Crippen LogP contribution is 2.16. The summed E-state index contributed by atoms with van der Waals surface area (Å²) in [5, 5.41) is 3.21. The van der Waals surface area contributed by atoms with Gasteiger partial charge in [-0.3, -0.25) is 0 Å². The van der Waals surface area contributed by atoms with Gasteiger partial charge in [-0.1, -0.05) is 62.4 Å². The molecule has 0 aliphatic carbocycles. The van der Waals surface area contributed by atoms with Gasteiger partial charge in [-0.15, -0.1) is 0 Å². The molecule has 0 amide bonds. The minimum Gasteiger partial charge on any atom is -0.324 e. The number of nitrogens with zero attached hydrogens (tertiary/aromatic N) is 2. The molecule has 0 spiro atoms. The van der Waals surface area contributed by atoms with Crippen LogP contribution in [0.5, 0.6) is 0 Å². The monoisotopic (exact) mass is 315 g/mol. The first kappa shape index (κ1) is 15.9. The van der Waals surface area contributed by atoms with Gasteiger partial charge >= 0.3 is 0 Å². The predicted octanol–water partition coefficient (Wildman–Crippen LogP) is 5.51. The van der Waals surface area contributed by atoms with E-state index in [0.29, 0.717) is 11.9 Å². The summed E-state index contributed by atoms with van der Waals surface area (Å²) >= 11 is 0. The van der Waals surface area contributed by atoms with Gasteiger partial charge in [0, 0.05) is 11.9 Å². The first-order chi connectivity index (χ1) is 11.7. The highest BCUT2D eigenvalue weighted by atomic mass is 15.1. The minimum atomic E-state index is 0.552. The second-order valence-electron chi connectivity index (χ2n) is 5.95. The topological polar surface area (TPSA) is 37.8 Å². The van der Waals surface area contributed by atoms with Crippen LogP contribution < -0.4 is 5.32 Å². The third-order valence-electron chi connectivity index (χ3n) is 3.76. The Kier molecular flexibility index (Phi) is 5.02. The first-order valence-corrected chi connectivity index (χ1v) is 8.14. The Labute approximate surface area is 143 Å². The maximum Gasteiger partial charge on any atom is 0.227 e. The molecule has 0 unspecified atom stereocenters. The molecule has 1 heterocycles. The number of nitrogens with one attached hydrogen (secondary N) is 1. The van der Waals surface area contributed by atoms with E-state index in [9.17, 15) is 0 Å². The van der Waals surface area contributed by atoms with E-state index in [4.69, 9.17) is 0 Å². The van der Waals surface area contributed by atoms with E-state index in [1.165, 1.54) is 5.56 Å². The van der Waals surface area contributed by atoms with Crippen LogP contribution in [0.3, 0.4) is 0 Å². The Hall–Kier alpha value is -2.94. The molecular weight excluding hydrogens is 294 g/mol. The van der Waals surface area contributed by atoms with Gasteiger partial charge in [0.2, 0.25) is 5.95 Å². The predicted molar refractivity (Wildman–Crippen MR) is 101 cm³/mol. The van der Waals surface area contributed by atoms with Crippen molar-refractivity contribution >= 4 is 23.8 Å². The molecule has 0 bridgehead atoms. The van der Waals surface area contributed by atoms with Gasteiger partial charge in [0.05, 0.1) is 5.69 Å². The van der Waals surface area contributed by atoms with Crippen LogP contribution in [-0.2, 0) is 0 Å². The van der Waals surface area contributed by atoms with E-state index in [1.807, 2.05) is 42.5 Å². The maximum atomic E-state index is 4.52. The lowest BCUT2D eigenvalue weighted by Crippen LogP contribution is -1.97. The average Bonchev–Trinajstić information content (AvgIpc) is 2.61. The number of rotatable bonds is 5. The van der Waals surface area contributed by atoms with Gasteiger partial charge in [0.25, 0.3) is 0 Å². The molecule has 24 heavy (non-hydrogen) atoms. The van der Waals surface area contributed by atoms with Gasteiger partial charge in [-0.05, 0) is 41.3 Å². The van der Waals surface area contributed by atoms with E-state index in [2.05, 4.69) is 59.5 Å². The van der Waals surface area contributed by atoms with Crippen molar-refractivity contribution in [3.63, 3.8) is 0 Å². The van der Waals surface area contributed by atoms with E-state index < -0.39 is 0 Å². The van der Waals surface area contributed by atoms with Crippen molar-refractivity contribution in [1.82, 2.24) is 9.97 Å². The Balaban J connectivity index is 1.72. The Morgan fingerprint density at radius 2 is 1.62 bits per heavy atom. The first-order valence-electron chi connectivity index (χ1n) is 8.14. The molecule has 120 valence electrons. The van der Waals surface area contributed by atoms with Crippen molar-refractivity contribution in [2.24, 2.45) is 0 Å². The third kappa shape index (κ3) is 4.29. The molecule has 2 aromatic carbocycles. The summed E-state index contributed by atoms with van der Waals surface area (Å²) in [4.78, 5) is 8.78. The number of anilines is 2. The van der Waals surface area contributed by atoms with Crippen molar-refractivity contribution in [3.05, 3.63) is 83.7 Å². The van der Waals surface area contributed by atoms with Crippen LogP contribution >= 0.6 is 0 Å². The fourth-order valence-electron chi connectivity index (χ4n) is 2.35. The van der Waals surface area contributed by atoms with Crippen molar-refractivity contribution in [3.8, 4) is 0 Å². The van der Waals surface area contributed by atoms with Gasteiger partial charge in [-0.25, -0.2) is 9.97 Å². The zero-order valence-corrected chi connectivity index (χ0v) is 14.0. The Bertz CT molecular complexity index is 806. The van der Waals surface area contributed by atoms with Crippen LogP contribution in [0.25, 0.3) is 12.2 Å². The minimum absolute atomic E-state index is 0.552. The lowest BCUT2D eigenvalue weighted by atomic mass is 10.0. The maximum absolute atomic E-state index is 4.52. The van der Waals surface area contributed by atoms with Crippen LogP contribution in [-0.4, -0.2) is 9.97 Å². The number of para-hydroxylation sites is 1. The SMILES string of the molecule is CC(C)c1ccc(/C=C/c2ccnc(Nc3ccccc3)n2)cc1. The van der Waals surface area contributed by atoms with Gasteiger partial charge < -0.3 is 5.32 Å². The van der Waals surface area contributed by atoms with E-state index in [-0.39, 0.29) is 0 Å². The largest absolute Gasteiger partial charge is 0.324 e. The van der Waals surface area contributed by atoms with Crippen LogP contribution in [0.1, 0.15) is 36.6 Å². The van der Waals surface area contributed by atoms with Gasteiger partial charge in [0.1, 0.15) is 0 Å². The molecule has 0 saturated heterocycles. The number of aromatic nitrogens is 2. The highest BCUT2D eigenvalue weighted by molar-refractivity contribution is 5.68. The number of benzene rings is 2. The van der Waals surface area contributed by atoms with Crippen molar-refractivity contribution in [2.75, 3.05) is 5.32 Å². The molecule has 1 N–H and O–H groups in total. The van der Waals surface area contributed by atoms with Crippen LogP contribution in [0.2, 0.25) is 0 Å². The molecule has 3 heteroatoms. The summed E-state index contributed by atoms with van der Waals surface area (Å²) < 4.78 is 0. The van der Waals surface area contributed by atoms with Gasteiger partial charge in [0.15, 0.2) is 0 Å². The number of hydrogen-bond donors (Lipinski definition) is 1. The standard InChI is InChI=1S/C21H21N3/c1-16(2)18-11-8-17(9-12-18)10-13-20-14-15-22-21(24-20)23-19-6-4-3-5-7-19/h3-16H,1-2H3,(H,22,23,24)/b13-10+. The zero-order valence-electron chi connectivity index (χ0n) is 14.0. The molecule has 0 aliphatic heterocycles. The van der Waals surface area contributed by atoms with Crippen LogP contribution in [0, 0.1) is 0 Å². The quantitative estimate of drug-likeness (QED) is 0.674. The molecule has 0 saturated carbocycles. The normalized spacial score (nSPS) is 11.1. The van der Waals surface area contributed by atoms with E-state index >= 15 is 0 Å². The third-order valence-corrected chi connectivity index (χ3v) is 3.76. The second-order valence-corrected chi connectivity index (χ2v) is 5.95. The molecule has 0 atom stereocenters. The molecule has 3 nitrogen and oxygen atoms in total. The molecule has 1 aromatic heterocycles. The van der Waals surface area contributed by atoms with Crippen LogP contribution in [0.15, 0.2) is 66.9 Å². The van der Waals surface area contributed by atoms with Crippen molar-refractivity contribution < 1.29 is 0 Å². The Morgan fingerprint density at radius 1 is 0.875 bits per heavy atom. The second kappa shape index (κ2) is 7.55. The van der Waals surface area contributed by atoms with Crippen molar-refractivity contribution in [1.29, 1.82) is 0 Å². The zero-order chi connectivity index (χ0) is 16.8. The van der Waals surface area contributed by atoms with Crippen LogP contribution in [0.4, 0.5) is 11.6 Å². The summed E-state index contributed by atoms with van der Waals surface area (Å²) in [5.74, 6) is 1.15. The molecule has 0 radical (unpaired) electrons. The fourth-order valence-corrected chi connectivity index (χ4v) is 2.35. The molecular formula is C21H21N3. The lowest BCUT2D eigenvalue weighted by Gasteiger charge is -2.05. The summed E-state index contributed by atoms with van der Waals surface area (Å²) in [6, 6.07) is 20.4. The van der Waals surface area contributed by atoms with E-state index in [1.54, 1.807) is 6.20 Å². The lowest BCUT2D eigenvalue weighted by molar-refractivity contribution is 0.866. The molecule has 3 aromatic rings. The summed E-state index contributed by atoms with van der Waals surface area (Å²) in [6.07, 6.45) is 5.83. The summed E-state index contributed by atoms with van der Waals surface area (Å²) in [5.41, 5.74) is 4.36. The van der Waals surface area contributed by atoms with Gasteiger partial charge in [-0.2, -0.15) is 0 Å².